The zero-order chi connectivity index (χ0) is 25.3. The molecule has 0 fully saturated rings. The van der Waals surface area contributed by atoms with Gasteiger partial charge in [0.15, 0.2) is 0 Å². The highest BCUT2D eigenvalue weighted by Crippen LogP contribution is 2.25. The molecule has 0 atom stereocenters. The molecule has 4 aromatic carbocycles. The van der Waals surface area contributed by atoms with Crippen molar-refractivity contribution in [2.45, 2.75) is 0 Å². The lowest BCUT2D eigenvalue weighted by Crippen LogP contribution is -2.07. The van der Waals surface area contributed by atoms with Crippen molar-refractivity contribution in [3.05, 3.63) is 118 Å². The lowest BCUT2D eigenvalue weighted by atomic mass is 10.1. The Morgan fingerprint density at radius 1 is 0.583 bits per heavy atom. The summed E-state index contributed by atoms with van der Waals surface area (Å²) in [6.45, 7) is 0. The highest BCUT2D eigenvalue weighted by Gasteiger charge is 2.03. The number of rotatable bonds is 8. The SMILES string of the molecule is CN(C)c1ccc(/C=C/c2ccc(N=Nc3ccc(N=Nc4ccc([N+](=O)[O-])cc4)cc3)cc2)cc1. The minimum atomic E-state index is -0.452. The second-order valence-corrected chi connectivity index (χ2v) is 8.10. The molecule has 0 aliphatic heterocycles. The largest absolute Gasteiger partial charge is 0.378 e. The quantitative estimate of drug-likeness (QED) is 0.110. The van der Waals surface area contributed by atoms with E-state index in [0.29, 0.717) is 17.1 Å². The van der Waals surface area contributed by atoms with Gasteiger partial charge in [0.05, 0.1) is 27.7 Å². The first-order chi connectivity index (χ1) is 17.5. The average Bonchev–Trinajstić information content (AvgIpc) is 2.91. The molecule has 0 aliphatic rings. The van der Waals surface area contributed by atoms with Gasteiger partial charge in [-0.2, -0.15) is 20.5 Å². The molecule has 36 heavy (non-hydrogen) atoms. The Labute approximate surface area is 209 Å². The van der Waals surface area contributed by atoms with E-state index in [4.69, 9.17) is 0 Å². The number of nitrogens with zero attached hydrogens (tertiary/aromatic N) is 6. The van der Waals surface area contributed by atoms with Crippen LogP contribution in [0.5, 0.6) is 0 Å². The topological polar surface area (TPSA) is 95.8 Å². The maximum Gasteiger partial charge on any atom is 0.269 e. The van der Waals surface area contributed by atoms with E-state index < -0.39 is 4.92 Å². The summed E-state index contributed by atoms with van der Waals surface area (Å²) in [6.07, 6.45) is 4.14. The van der Waals surface area contributed by atoms with Gasteiger partial charge in [-0.25, -0.2) is 0 Å². The molecule has 0 unspecified atom stereocenters. The van der Waals surface area contributed by atoms with Crippen molar-refractivity contribution >= 4 is 46.3 Å². The van der Waals surface area contributed by atoms with E-state index >= 15 is 0 Å². The molecular formula is C28H24N6O2. The third kappa shape index (κ3) is 6.77. The van der Waals surface area contributed by atoms with Crippen LogP contribution < -0.4 is 4.90 Å². The number of benzene rings is 4. The average molecular weight is 477 g/mol. The second-order valence-electron chi connectivity index (χ2n) is 8.10. The minimum absolute atomic E-state index is 0.0146. The zero-order valence-electron chi connectivity index (χ0n) is 19.9. The predicted octanol–water partition coefficient (Wildman–Crippen LogP) is 8.66. The smallest absolute Gasteiger partial charge is 0.269 e. The van der Waals surface area contributed by atoms with Crippen LogP contribution >= 0.6 is 0 Å². The molecule has 0 N–H and O–H groups in total. The molecule has 0 radical (unpaired) electrons. The number of hydrogen-bond donors (Lipinski definition) is 0. The van der Waals surface area contributed by atoms with E-state index in [1.807, 2.05) is 38.4 Å². The highest BCUT2D eigenvalue weighted by molar-refractivity contribution is 5.71. The molecule has 4 aromatic rings. The fourth-order valence-electron chi connectivity index (χ4n) is 3.19. The molecule has 178 valence electrons. The van der Waals surface area contributed by atoms with Gasteiger partial charge in [-0.1, -0.05) is 36.4 Å². The predicted molar refractivity (Wildman–Crippen MR) is 144 cm³/mol. The number of nitro benzene ring substituents is 1. The molecule has 0 saturated heterocycles. The van der Waals surface area contributed by atoms with Gasteiger partial charge >= 0.3 is 0 Å². The molecule has 0 saturated carbocycles. The van der Waals surface area contributed by atoms with Crippen molar-refractivity contribution in [3.8, 4) is 0 Å². The molecule has 0 amide bonds. The molecule has 0 heterocycles. The molecular weight excluding hydrogens is 452 g/mol. The summed E-state index contributed by atoms with van der Waals surface area (Å²) in [4.78, 5) is 12.3. The molecule has 4 rings (SSSR count). The van der Waals surface area contributed by atoms with Crippen molar-refractivity contribution < 1.29 is 4.92 Å². The van der Waals surface area contributed by atoms with Gasteiger partial charge in [-0.15, -0.1) is 0 Å². The summed E-state index contributed by atoms with van der Waals surface area (Å²) < 4.78 is 0. The van der Waals surface area contributed by atoms with Crippen molar-refractivity contribution in [1.82, 2.24) is 0 Å². The van der Waals surface area contributed by atoms with Crippen molar-refractivity contribution in [2.75, 3.05) is 19.0 Å². The van der Waals surface area contributed by atoms with E-state index in [9.17, 15) is 10.1 Å². The number of hydrogen-bond acceptors (Lipinski definition) is 7. The van der Waals surface area contributed by atoms with Crippen LogP contribution in [0.4, 0.5) is 34.1 Å². The Kier molecular flexibility index (Phi) is 7.67. The third-order valence-corrected chi connectivity index (χ3v) is 5.24. The van der Waals surface area contributed by atoms with Gasteiger partial charge in [0, 0.05) is 31.9 Å². The number of azo groups is 2. The molecule has 0 aromatic heterocycles. The van der Waals surface area contributed by atoms with Gasteiger partial charge in [0.1, 0.15) is 0 Å². The van der Waals surface area contributed by atoms with Crippen LogP contribution in [0.25, 0.3) is 12.2 Å². The summed E-state index contributed by atoms with van der Waals surface area (Å²) >= 11 is 0. The number of non-ortho nitro benzene ring substituents is 1. The van der Waals surface area contributed by atoms with Crippen molar-refractivity contribution in [3.63, 3.8) is 0 Å². The maximum absolute atomic E-state index is 10.7. The normalized spacial score (nSPS) is 11.5. The Morgan fingerprint density at radius 2 is 0.917 bits per heavy atom. The fourth-order valence-corrected chi connectivity index (χ4v) is 3.19. The Hall–Kier alpha value is -4.98. The summed E-state index contributed by atoms with van der Waals surface area (Å²) in [5.41, 5.74) is 6.01. The molecule has 0 bridgehead atoms. The first-order valence-electron chi connectivity index (χ1n) is 11.2. The van der Waals surface area contributed by atoms with Crippen LogP contribution in [0.1, 0.15) is 11.1 Å². The van der Waals surface area contributed by atoms with E-state index in [0.717, 1.165) is 16.8 Å². The summed E-state index contributed by atoms with van der Waals surface area (Å²) in [5.74, 6) is 0. The van der Waals surface area contributed by atoms with E-state index in [2.05, 4.69) is 61.8 Å². The Balaban J connectivity index is 1.33. The second kappa shape index (κ2) is 11.4. The van der Waals surface area contributed by atoms with E-state index in [1.54, 1.807) is 36.4 Å². The van der Waals surface area contributed by atoms with Crippen LogP contribution in [-0.2, 0) is 0 Å². The monoisotopic (exact) mass is 476 g/mol. The van der Waals surface area contributed by atoms with Crippen molar-refractivity contribution in [1.29, 1.82) is 0 Å². The van der Waals surface area contributed by atoms with Crippen LogP contribution in [-0.4, -0.2) is 19.0 Å². The van der Waals surface area contributed by atoms with Crippen molar-refractivity contribution in [2.24, 2.45) is 20.5 Å². The van der Waals surface area contributed by atoms with Crippen LogP contribution in [0, 0.1) is 10.1 Å². The van der Waals surface area contributed by atoms with Gasteiger partial charge in [-0.05, 0) is 71.8 Å². The first kappa shape index (κ1) is 24.2. The minimum Gasteiger partial charge on any atom is -0.378 e. The van der Waals surface area contributed by atoms with Gasteiger partial charge in [0.25, 0.3) is 5.69 Å². The van der Waals surface area contributed by atoms with Gasteiger partial charge < -0.3 is 4.90 Å². The number of nitro groups is 1. The standard InChI is InChI=1S/C28H24N6O2/c1-33(2)27-17-7-22(8-18-27)4-3-21-5-9-23(10-6-21)29-30-24-11-13-25(14-12-24)31-32-26-15-19-28(20-16-26)34(35)36/h3-20H,1-2H3/b4-3+,30-29?,32-31?. The van der Waals surface area contributed by atoms with E-state index in [-0.39, 0.29) is 5.69 Å². The lowest BCUT2D eigenvalue weighted by Gasteiger charge is -2.11. The third-order valence-electron chi connectivity index (χ3n) is 5.24. The fraction of sp³-hybridized carbons (Fsp3) is 0.0714. The van der Waals surface area contributed by atoms with Gasteiger partial charge in [-0.3, -0.25) is 10.1 Å². The van der Waals surface area contributed by atoms with Crippen LogP contribution in [0.15, 0.2) is 118 Å². The van der Waals surface area contributed by atoms with E-state index in [1.165, 1.54) is 17.8 Å². The van der Waals surface area contributed by atoms with Crippen LogP contribution in [0.2, 0.25) is 0 Å². The highest BCUT2D eigenvalue weighted by atomic mass is 16.6. The first-order valence-corrected chi connectivity index (χ1v) is 11.2. The molecule has 0 spiro atoms. The zero-order valence-corrected chi connectivity index (χ0v) is 19.9. The Morgan fingerprint density at radius 3 is 1.28 bits per heavy atom. The maximum atomic E-state index is 10.7. The summed E-state index contributed by atoms with van der Waals surface area (Å²) in [7, 11) is 4.05. The Bertz CT molecular complexity index is 1390. The number of anilines is 1. The summed E-state index contributed by atoms with van der Waals surface area (Å²) in [5, 5.41) is 27.5. The molecule has 8 nitrogen and oxygen atoms in total. The van der Waals surface area contributed by atoms with Crippen LogP contribution in [0.3, 0.4) is 0 Å². The lowest BCUT2D eigenvalue weighted by molar-refractivity contribution is -0.384. The summed E-state index contributed by atoms with van der Waals surface area (Å²) in [6, 6.07) is 29.3. The molecule has 8 heteroatoms. The van der Waals surface area contributed by atoms with Gasteiger partial charge in [0.2, 0.25) is 0 Å². The molecule has 0 aliphatic carbocycles.